The molecule has 230 valence electrons. The SMILES string of the molecule is COC(=O)C[C@@H]1CCCN(c2ccc(C(=O)NC3C4=CC(C)C[C@]5(OC(F)F)CC4C3C5)c(SC3CCCCC3)n2)C1. The Labute approximate surface area is 251 Å². The second-order valence-electron chi connectivity index (χ2n) is 13.2. The van der Waals surface area contributed by atoms with Gasteiger partial charge in [0.1, 0.15) is 10.8 Å². The third-order valence-electron chi connectivity index (χ3n) is 10.2. The Balaban J connectivity index is 1.21. The molecule has 2 heterocycles. The number of hydrogen-bond acceptors (Lipinski definition) is 7. The van der Waals surface area contributed by atoms with Crippen molar-refractivity contribution in [3.05, 3.63) is 29.3 Å². The number of amides is 1. The predicted octanol–water partition coefficient (Wildman–Crippen LogP) is 6.37. The smallest absolute Gasteiger partial charge is 0.345 e. The van der Waals surface area contributed by atoms with Crippen molar-refractivity contribution in [3.8, 4) is 0 Å². The maximum Gasteiger partial charge on any atom is 0.345 e. The normalized spacial score (nSPS) is 32.6. The number of fused-ring (bicyclic) bond motifs is 1. The second kappa shape index (κ2) is 12.4. The summed E-state index contributed by atoms with van der Waals surface area (Å²) in [6, 6.07) is 3.68. The van der Waals surface area contributed by atoms with E-state index in [1.807, 2.05) is 19.1 Å². The standard InChI is InChI=1S/C32H43F2N3O4S/c1-19-13-23-24-16-32(15-19,41-31(33)34)17-25(24)28(23)36-29(39)22-10-11-26(35-30(22)42-21-8-4-3-5-9-21)37-12-6-7-20(18-37)14-27(38)40-2/h10-11,13,19-21,24-25,28,31H,3-9,12,14-18H2,1-2H3,(H,36,39)/t19?,20-,24?,25?,28?,32-/m0/s1. The molecule has 1 N–H and O–H groups in total. The molecule has 4 fully saturated rings. The van der Waals surface area contributed by atoms with Crippen molar-refractivity contribution in [1.82, 2.24) is 10.3 Å². The number of rotatable bonds is 9. The fraction of sp³-hybridized carbons (Fsp3) is 0.719. The molecule has 0 spiro atoms. The van der Waals surface area contributed by atoms with Crippen LogP contribution in [0.3, 0.4) is 0 Å². The van der Waals surface area contributed by atoms with Gasteiger partial charge >= 0.3 is 12.6 Å². The van der Waals surface area contributed by atoms with Gasteiger partial charge in [-0.3, -0.25) is 9.59 Å². The number of alkyl halides is 2. The summed E-state index contributed by atoms with van der Waals surface area (Å²) in [6.07, 6.45) is 12.2. The van der Waals surface area contributed by atoms with Crippen molar-refractivity contribution >= 4 is 29.5 Å². The second-order valence-corrected chi connectivity index (χ2v) is 14.5. The minimum atomic E-state index is -2.79. The first-order chi connectivity index (χ1) is 20.2. The molecule has 1 aromatic heterocycles. The minimum absolute atomic E-state index is 0.119. The number of nitrogens with zero attached hydrogens (tertiary/aromatic N) is 2. The van der Waals surface area contributed by atoms with E-state index in [0.717, 1.165) is 49.6 Å². The van der Waals surface area contributed by atoms with Gasteiger partial charge in [0.15, 0.2) is 0 Å². The molecule has 2 bridgehead atoms. The Morgan fingerprint density at radius 1 is 1.14 bits per heavy atom. The lowest BCUT2D eigenvalue weighted by Crippen LogP contribution is -2.53. The lowest BCUT2D eigenvalue weighted by atomic mass is 9.65. The van der Waals surface area contributed by atoms with E-state index in [-0.39, 0.29) is 41.6 Å². The first-order valence-corrected chi connectivity index (χ1v) is 16.6. The molecule has 1 aliphatic heterocycles. The van der Waals surface area contributed by atoms with E-state index in [9.17, 15) is 18.4 Å². The zero-order chi connectivity index (χ0) is 29.4. The van der Waals surface area contributed by atoms with Gasteiger partial charge in [0.2, 0.25) is 0 Å². The average molecular weight is 604 g/mol. The molecule has 1 saturated heterocycles. The van der Waals surface area contributed by atoms with Crippen LogP contribution in [0.4, 0.5) is 14.6 Å². The van der Waals surface area contributed by atoms with Crippen molar-refractivity contribution in [2.45, 2.75) is 106 Å². The molecule has 3 saturated carbocycles. The number of esters is 1. The molecule has 1 aromatic rings. The van der Waals surface area contributed by atoms with Crippen LogP contribution < -0.4 is 10.2 Å². The van der Waals surface area contributed by atoms with E-state index >= 15 is 0 Å². The number of piperidine rings is 1. The average Bonchev–Trinajstić information content (AvgIpc) is 3.21. The number of hydrogen-bond donors (Lipinski definition) is 1. The Morgan fingerprint density at radius 3 is 2.71 bits per heavy atom. The highest BCUT2D eigenvalue weighted by molar-refractivity contribution is 7.99. The van der Waals surface area contributed by atoms with Gasteiger partial charge in [-0.1, -0.05) is 32.3 Å². The summed E-state index contributed by atoms with van der Waals surface area (Å²) < 4.78 is 36.8. The molecule has 0 aromatic carbocycles. The molecule has 4 aliphatic carbocycles. The molecular formula is C32H43F2N3O4S. The van der Waals surface area contributed by atoms with Crippen LogP contribution in [-0.4, -0.2) is 60.6 Å². The number of ether oxygens (including phenoxy) is 2. The van der Waals surface area contributed by atoms with Crippen molar-refractivity contribution in [2.75, 3.05) is 25.1 Å². The fourth-order valence-corrected chi connectivity index (χ4v) is 9.68. The van der Waals surface area contributed by atoms with Gasteiger partial charge < -0.3 is 19.7 Å². The molecular weight excluding hydrogens is 560 g/mol. The first kappa shape index (κ1) is 29.9. The molecule has 1 amide bonds. The number of methoxy groups -OCH3 is 1. The van der Waals surface area contributed by atoms with Gasteiger partial charge in [-0.25, -0.2) is 4.98 Å². The van der Waals surface area contributed by atoms with Crippen LogP contribution in [0.2, 0.25) is 0 Å². The molecule has 6 atom stereocenters. The summed E-state index contributed by atoms with van der Waals surface area (Å²) in [5.74, 6) is 1.17. The van der Waals surface area contributed by atoms with E-state index in [4.69, 9.17) is 14.5 Å². The van der Waals surface area contributed by atoms with Gasteiger partial charge in [-0.15, -0.1) is 11.8 Å². The van der Waals surface area contributed by atoms with Gasteiger partial charge in [0.05, 0.1) is 24.3 Å². The molecule has 4 unspecified atom stereocenters. The maximum absolute atomic E-state index is 13.9. The number of carbonyl (C=O) groups excluding carboxylic acids is 2. The third kappa shape index (κ3) is 6.21. The van der Waals surface area contributed by atoms with Crippen LogP contribution >= 0.6 is 11.8 Å². The number of thioether (sulfide) groups is 1. The van der Waals surface area contributed by atoms with Gasteiger partial charge in [-0.2, -0.15) is 8.78 Å². The van der Waals surface area contributed by atoms with Crippen LogP contribution in [0.5, 0.6) is 0 Å². The van der Waals surface area contributed by atoms with Crippen LogP contribution in [0.15, 0.2) is 28.8 Å². The highest BCUT2D eigenvalue weighted by Crippen LogP contribution is 2.60. The summed E-state index contributed by atoms with van der Waals surface area (Å²) in [6.45, 7) is 0.864. The lowest BCUT2D eigenvalue weighted by Gasteiger charge is -2.45. The summed E-state index contributed by atoms with van der Waals surface area (Å²) in [7, 11) is 1.43. The Hall–Kier alpha value is -2.20. The Bertz CT molecular complexity index is 1210. The summed E-state index contributed by atoms with van der Waals surface area (Å²) in [5.41, 5.74) is 0.944. The summed E-state index contributed by atoms with van der Waals surface area (Å²) >= 11 is 1.72. The van der Waals surface area contributed by atoms with Crippen molar-refractivity contribution in [3.63, 3.8) is 0 Å². The molecule has 6 rings (SSSR count). The first-order valence-electron chi connectivity index (χ1n) is 15.7. The Morgan fingerprint density at radius 2 is 1.95 bits per heavy atom. The van der Waals surface area contributed by atoms with E-state index in [2.05, 4.69) is 16.3 Å². The number of allylic oxidation sites excluding steroid dienone is 1. The van der Waals surface area contributed by atoms with Crippen LogP contribution in [0.1, 0.15) is 87.9 Å². The van der Waals surface area contributed by atoms with Gasteiger partial charge in [0.25, 0.3) is 5.91 Å². The van der Waals surface area contributed by atoms with Gasteiger partial charge in [0, 0.05) is 24.8 Å². The van der Waals surface area contributed by atoms with E-state index in [1.54, 1.807) is 11.8 Å². The molecule has 5 aliphatic rings. The zero-order valence-corrected chi connectivity index (χ0v) is 25.5. The molecule has 10 heteroatoms. The van der Waals surface area contributed by atoms with E-state index < -0.39 is 12.2 Å². The number of nitrogens with one attached hydrogen (secondary N) is 1. The highest BCUT2D eigenvalue weighted by Gasteiger charge is 2.60. The van der Waals surface area contributed by atoms with E-state index in [1.165, 1.54) is 31.9 Å². The van der Waals surface area contributed by atoms with Crippen LogP contribution in [0, 0.1) is 23.7 Å². The molecule has 0 radical (unpaired) electrons. The zero-order valence-electron chi connectivity index (χ0n) is 24.7. The van der Waals surface area contributed by atoms with Gasteiger partial charge in [-0.05, 0) is 86.3 Å². The number of carbonyl (C=O) groups is 2. The summed E-state index contributed by atoms with van der Waals surface area (Å²) in [4.78, 5) is 33.1. The summed E-state index contributed by atoms with van der Waals surface area (Å²) in [5, 5.41) is 4.48. The highest BCUT2D eigenvalue weighted by atomic mass is 32.2. The number of pyridine rings is 1. The van der Waals surface area contributed by atoms with E-state index in [0.29, 0.717) is 36.5 Å². The quantitative estimate of drug-likeness (QED) is 0.260. The third-order valence-corrected chi connectivity index (χ3v) is 11.5. The molecule has 42 heavy (non-hydrogen) atoms. The largest absolute Gasteiger partial charge is 0.469 e. The van der Waals surface area contributed by atoms with Crippen molar-refractivity contribution < 1.29 is 27.8 Å². The molecule has 7 nitrogen and oxygen atoms in total. The van der Waals surface area contributed by atoms with Crippen LogP contribution in [-0.2, 0) is 14.3 Å². The Kier molecular flexibility index (Phi) is 8.83. The fourth-order valence-electron chi connectivity index (χ4n) is 8.36. The monoisotopic (exact) mass is 603 g/mol. The lowest BCUT2D eigenvalue weighted by molar-refractivity contribution is -0.212. The minimum Gasteiger partial charge on any atom is -0.469 e. The maximum atomic E-state index is 13.9. The topological polar surface area (TPSA) is 80.8 Å². The number of aromatic nitrogens is 1. The predicted molar refractivity (Wildman–Crippen MR) is 158 cm³/mol. The van der Waals surface area contributed by atoms with Crippen molar-refractivity contribution in [1.29, 1.82) is 0 Å². The van der Waals surface area contributed by atoms with Crippen LogP contribution in [0.25, 0.3) is 0 Å². The number of anilines is 1. The number of halogens is 2. The van der Waals surface area contributed by atoms with Crippen molar-refractivity contribution in [2.24, 2.45) is 23.7 Å².